The maximum absolute atomic E-state index is 11.0. The van der Waals surface area contributed by atoms with Crippen molar-refractivity contribution in [2.75, 3.05) is 12.9 Å². The first-order valence-electron chi connectivity index (χ1n) is 5.62. The standard InChI is InChI=1S/C10H10BrClO4S/c1-17(13,14)15-5-8-3-6-2-7(11)4-9(12)10(6)16-8/h2,4,8H,3,5H2,1H3/i3D2. The third-order valence-corrected chi connectivity index (χ3v) is 3.32. The first kappa shape index (κ1) is 10.6. The highest BCUT2D eigenvalue weighted by Crippen LogP contribution is 2.38. The molecule has 0 aromatic heterocycles. The third kappa shape index (κ3) is 3.34. The van der Waals surface area contributed by atoms with E-state index in [1.807, 2.05) is 0 Å². The molecule has 94 valence electrons. The van der Waals surface area contributed by atoms with Gasteiger partial charge in [-0.3, -0.25) is 4.18 Å². The van der Waals surface area contributed by atoms with Gasteiger partial charge in [-0.2, -0.15) is 8.42 Å². The highest BCUT2D eigenvalue weighted by Gasteiger charge is 2.26. The van der Waals surface area contributed by atoms with Crippen LogP contribution in [0, 0.1) is 0 Å². The number of hydrogen-bond donors (Lipinski definition) is 0. The average molecular weight is 344 g/mol. The molecule has 1 atom stereocenters. The van der Waals surface area contributed by atoms with Crippen molar-refractivity contribution in [2.45, 2.75) is 12.5 Å². The predicted octanol–water partition coefficient (Wildman–Crippen LogP) is 2.38. The van der Waals surface area contributed by atoms with Gasteiger partial charge >= 0.3 is 0 Å². The molecule has 0 saturated heterocycles. The Balaban J connectivity index is 2.32. The Hall–Kier alpha value is -0.300. The molecule has 0 saturated carbocycles. The number of rotatable bonds is 3. The first-order chi connectivity index (χ1) is 8.61. The fraction of sp³-hybridized carbons (Fsp3) is 0.400. The van der Waals surface area contributed by atoms with E-state index in [4.69, 9.17) is 19.1 Å². The molecule has 1 aromatic rings. The van der Waals surface area contributed by atoms with Crippen LogP contribution < -0.4 is 4.74 Å². The summed E-state index contributed by atoms with van der Waals surface area (Å²) in [6.45, 7) is -0.408. The van der Waals surface area contributed by atoms with Crippen LogP contribution in [0.3, 0.4) is 0 Å². The highest BCUT2D eigenvalue weighted by atomic mass is 79.9. The van der Waals surface area contributed by atoms with E-state index in [1.165, 1.54) is 0 Å². The maximum Gasteiger partial charge on any atom is 0.264 e. The summed E-state index contributed by atoms with van der Waals surface area (Å²) in [6, 6.07) is 3.14. The van der Waals surface area contributed by atoms with E-state index in [0.29, 0.717) is 4.47 Å². The Morgan fingerprint density at radius 1 is 1.71 bits per heavy atom. The van der Waals surface area contributed by atoms with Crippen LogP contribution in [-0.4, -0.2) is 27.4 Å². The molecule has 1 aromatic carbocycles. The molecule has 0 bridgehead atoms. The van der Waals surface area contributed by atoms with Crippen molar-refractivity contribution in [2.24, 2.45) is 0 Å². The molecule has 0 fully saturated rings. The molecule has 0 amide bonds. The van der Waals surface area contributed by atoms with Crippen molar-refractivity contribution in [3.05, 3.63) is 27.2 Å². The van der Waals surface area contributed by atoms with Gasteiger partial charge in [0.2, 0.25) is 0 Å². The lowest BCUT2D eigenvalue weighted by Crippen LogP contribution is -2.22. The van der Waals surface area contributed by atoms with Crippen LogP contribution in [0.4, 0.5) is 0 Å². The second-order valence-corrected chi connectivity index (χ2v) is 6.47. The zero-order valence-electron chi connectivity index (χ0n) is 10.7. The van der Waals surface area contributed by atoms with Crippen molar-refractivity contribution in [1.82, 2.24) is 0 Å². The molecule has 7 heteroatoms. The molecule has 17 heavy (non-hydrogen) atoms. The van der Waals surface area contributed by atoms with Crippen LogP contribution in [0.5, 0.6) is 5.75 Å². The maximum atomic E-state index is 11.0. The van der Waals surface area contributed by atoms with Crippen molar-refractivity contribution in [1.29, 1.82) is 0 Å². The lowest BCUT2D eigenvalue weighted by atomic mass is 10.1. The molecule has 0 N–H and O–H groups in total. The molecule has 1 heterocycles. The van der Waals surface area contributed by atoms with E-state index < -0.39 is 29.2 Å². The Labute approximate surface area is 116 Å². The van der Waals surface area contributed by atoms with E-state index in [1.54, 1.807) is 12.1 Å². The third-order valence-electron chi connectivity index (χ3n) is 2.02. The fourth-order valence-corrected chi connectivity index (χ4v) is 2.62. The summed E-state index contributed by atoms with van der Waals surface area (Å²) in [5, 5.41) is 0.259. The van der Waals surface area contributed by atoms with Gasteiger partial charge in [0, 0.05) is 19.2 Å². The normalized spacial score (nSPS) is 23.6. The van der Waals surface area contributed by atoms with Crippen molar-refractivity contribution in [3.63, 3.8) is 0 Å². The van der Waals surface area contributed by atoms with Gasteiger partial charge in [-0.1, -0.05) is 27.5 Å². The number of fused-ring (bicyclic) bond motifs is 1. The van der Waals surface area contributed by atoms with Crippen LogP contribution in [-0.2, 0) is 20.7 Å². The Bertz CT molecular complexity index is 620. The largest absolute Gasteiger partial charge is 0.486 e. The van der Waals surface area contributed by atoms with Crippen LogP contribution in [0.15, 0.2) is 16.6 Å². The summed E-state index contributed by atoms with van der Waals surface area (Å²) >= 11 is 9.20. The zero-order chi connectivity index (χ0) is 14.4. The van der Waals surface area contributed by atoms with Crippen LogP contribution in [0.2, 0.25) is 5.02 Å². The number of halogens is 2. The average Bonchev–Trinajstić information content (AvgIpc) is 2.48. The minimum atomic E-state index is -3.66. The van der Waals surface area contributed by atoms with Crippen LogP contribution >= 0.6 is 27.5 Å². The Morgan fingerprint density at radius 3 is 3.06 bits per heavy atom. The second-order valence-electron chi connectivity index (χ2n) is 3.50. The van der Waals surface area contributed by atoms with Gasteiger partial charge in [-0.15, -0.1) is 0 Å². The minimum Gasteiger partial charge on any atom is -0.486 e. The van der Waals surface area contributed by atoms with E-state index in [0.717, 1.165) is 6.26 Å². The molecule has 1 aliphatic rings. The lowest BCUT2D eigenvalue weighted by molar-refractivity contribution is 0.153. The van der Waals surface area contributed by atoms with Gasteiger partial charge in [0.05, 0.1) is 11.3 Å². The Morgan fingerprint density at radius 2 is 2.41 bits per heavy atom. The van der Waals surface area contributed by atoms with Crippen molar-refractivity contribution < 1.29 is 20.1 Å². The summed E-state index contributed by atoms with van der Waals surface area (Å²) < 4.78 is 48.6. The summed E-state index contributed by atoms with van der Waals surface area (Å²) in [4.78, 5) is 0. The summed E-state index contributed by atoms with van der Waals surface area (Å²) in [7, 11) is -3.66. The van der Waals surface area contributed by atoms with Gasteiger partial charge in [0.15, 0.2) is 0 Å². The van der Waals surface area contributed by atoms with Crippen molar-refractivity contribution in [3.8, 4) is 5.75 Å². The quantitative estimate of drug-likeness (QED) is 0.791. The van der Waals surface area contributed by atoms with E-state index in [-0.39, 0.29) is 16.3 Å². The predicted molar refractivity (Wildman–Crippen MR) is 68.1 cm³/mol. The topological polar surface area (TPSA) is 52.6 Å². The second kappa shape index (κ2) is 4.76. The Kier molecular flexibility index (Phi) is 2.97. The first-order valence-corrected chi connectivity index (χ1v) is 7.60. The summed E-state index contributed by atoms with van der Waals surface area (Å²) in [6.07, 6.45) is -2.05. The number of hydrogen-bond acceptors (Lipinski definition) is 4. The van der Waals surface area contributed by atoms with E-state index in [2.05, 4.69) is 20.1 Å². The molecular formula is C10H10BrClO4S. The fourth-order valence-electron chi connectivity index (χ4n) is 1.39. The number of ether oxygens (including phenoxy) is 1. The lowest BCUT2D eigenvalue weighted by Gasteiger charge is -2.10. The number of benzene rings is 1. The zero-order valence-corrected chi connectivity index (χ0v) is 11.9. The molecule has 0 spiro atoms. The van der Waals surface area contributed by atoms with E-state index in [9.17, 15) is 8.42 Å². The van der Waals surface area contributed by atoms with Crippen LogP contribution in [0.25, 0.3) is 0 Å². The molecular weight excluding hydrogens is 332 g/mol. The molecule has 1 aliphatic heterocycles. The molecule has 0 aliphatic carbocycles. The molecule has 0 radical (unpaired) electrons. The summed E-state index contributed by atoms with van der Waals surface area (Å²) in [5.74, 6) is 0.219. The van der Waals surface area contributed by atoms with Gasteiger partial charge in [0.25, 0.3) is 10.1 Å². The van der Waals surface area contributed by atoms with Crippen LogP contribution in [0.1, 0.15) is 8.30 Å². The SMILES string of the molecule is [2H]C1([2H])c2cc(Br)cc(Cl)c2OC1COS(C)(=O)=O. The molecule has 2 rings (SSSR count). The molecule has 4 nitrogen and oxygen atoms in total. The van der Waals surface area contributed by atoms with Gasteiger partial charge in [0.1, 0.15) is 18.5 Å². The summed E-state index contributed by atoms with van der Waals surface area (Å²) in [5.41, 5.74) is 0.272. The smallest absolute Gasteiger partial charge is 0.264 e. The highest BCUT2D eigenvalue weighted by molar-refractivity contribution is 9.10. The van der Waals surface area contributed by atoms with Gasteiger partial charge in [-0.05, 0) is 12.1 Å². The monoisotopic (exact) mass is 342 g/mol. The molecule has 1 unspecified atom stereocenters. The van der Waals surface area contributed by atoms with Gasteiger partial charge in [-0.25, -0.2) is 0 Å². The minimum absolute atomic E-state index is 0.219. The van der Waals surface area contributed by atoms with Crippen molar-refractivity contribution >= 4 is 37.6 Å². The van der Waals surface area contributed by atoms with Gasteiger partial charge < -0.3 is 4.74 Å². The van der Waals surface area contributed by atoms with E-state index >= 15 is 0 Å².